The average Bonchev–Trinajstić information content (AvgIpc) is 2.16. The highest BCUT2D eigenvalue weighted by Crippen LogP contribution is 2.25. The van der Waals surface area contributed by atoms with Gasteiger partial charge in [-0.1, -0.05) is 27.7 Å². The molecule has 0 heterocycles. The molecule has 2 heteroatoms. The van der Waals surface area contributed by atoms with Crippen LogP contribution in [0.2, 0.25) is 0 Å². The van der Waals surface area contributed by atoms with Gasteiger partial charge in [-0.05, 0) is 44.7 Å². The van der Waals surface area contributed by atoms with E-state index in [1.807, 2.05) is 0 Å². The fourth-order valence-corrected chi connectivity index (χ4v) is 2.89. The molecule has 16 heavy (non-hydrogen) atoms. The van der Waals surface area contributed by atoms with Crippen molar-refractivity contribution in [2.24, 2.45) is 5.41 Å². The third kappa shape index (κ3) is 4.84. The molecule has 0 bridgehead atoms. The zero-order valence-electron chi connectivity index (χ0n) is 11.8. The fourth-order valence-electron chi connectivity index (χ4n) is 2.89. The fraction of sp³-hybridized carbons (Fsp3) is 1.00. The number of nitrogens with one attached hydrogen (secondary N) is 1. The molecule has 1 fully saturated rings. The zero-order chi connectivity index (χ0) is 12.2. The summed E-state index contributed by atoms with van der Waals surface area (Å²) < 4.78 is 0. The molecule has 0 atom stereocenters. The first-order valence-corrected chi connectivity index (χ1v) is 6.86. The van der Waals surface area contributed by atoms with Gasteiger partial charge in [-0.2, -0.15) is 0 Å². The molecular weight excluding hydrogens is 196 g/mol. The van der Waals surface area contributed by atoms with Crippen LogP contribution in [0.1, 0.15) is 53.4 Å². The van der Waals surface area contributed by atoms with E-state index in [-0.39, 0.29) is 0 Å². The first-order valence-electron chi connectivity index (χ1n) is 6.86. The Hall–Kier alpha value is -0.0800. The summed E-state index contributed by atoms with van der Waals surface area (Å²) >= 11 is 0. The van der Waals surface area contributed by atoms with Crippen LogP contribution in [0.15, 0.2) is 0 Å². The van der Waals surface area contributed by atoms with Crippen LogP contribution < -0.4 is 5.32 Å². The van der Waals surface area contributed by atoms with Crippen LogP contribution in [0.5, 0.6) is 0 Å². The third-order valence-corrected chi connectivity index (χ3v) is 3.54. The van der Waals surface area contributed by atoms with Gasteiger partial charge in [0.15, 0.2) is 0 Å². The number of nitrogens with zero attached hydrogens (tertiary/aromatic N) is 1. The monoisotopic (exact) mass is 226 g/mol. The molecule has 0 radical (unpaired) electrons. The molecule has 2 nitrogen and oxygen atoms in total. The minimum Gasteiger partial charge on any atom is -0.314 e. The molecule has 1 aliphatic rings. The standard InChI is InChI=1S/C14H30N2/c1-6-15-12-7-9-13(10-8-12)16(5)11-14(2,3)4/h12-13,15H,6-11H2,1-5H3. The van der Waals surface area contributed by atoms with Crippen molar-refractivity contribution in [1.82, 2.24) is 10.2 Å². The van der Waals surface area contributed by atoms with E-state index in [9.17, 15) is 0 Å². The van der Waals surface area contributed by atoms with Gasteiger partial charge in [0.1, 0.15) is 0 Å². The van der Waals surface area contributed by atoms with Gasteiger partial charge in [-0.25, -0.2) is 0 Å². The van der Waals surface area contributed by atoms with E-state index in [2.05, 4.69) is 45.0 Å². The molecule has 0 unspecified atom stereocenters. The van der Waals surface area contributed by atoms with Crippen LogP contribution in [0, 0.1) is 5.41 Å². The van der Waals surface area contributed by atoms with Gasteiger partial charge in [0, 0.05) is 18.6 Å². The second kappa shape index (κ2) is 6.02. The zero-order valence-corrected chi connectivity index (χ0v) is 11.8. The van der Waals surface area contributed by atoms with Gasteiger partial charge in [-0.15, -0.1) is 0 Å². The van der Waals surface area contributed by atoms with E-state index in [1.54, 1.807) is 0 Å². The summed E-state index contributed by atoms with van der Waals surface area (Å²) in [6, 6.07) is 1.60. The van der Waals surface area contributed by atoms with Crippen LogP contribution in [0.4, 0.5) is 0 Å². The Labute approximate surface area is 102 Å². The Balaban J connectivity index is 2.30. The van der Waals surface area contributed by atoms with E-state index < -0.39 is 0 Å². The summed E-state index contributed by atoms with van der Waals surface area (Å²) in [4.78, 5) is 2.57. The molecule has 0 aliphatic heterocycles. The van der Waals surface area contributed by atoms with Gasteiger partial charge >= 0.3 is 0 Å². The lowest BCUT2D eigenvalue weighted by atomic mass is 9.88. The highest BCUT2D eigenvalue weighted by atomic mass is 15.1. The maximum atomic E-state index is 3.57. The molecule has 96 valence electrons. The molecule has 1 N–H and O–H groups in total. The summed E-state index contributed by atoms with van der Waals surface area (Å²) in [7, 11) is 2.30. The van der Waals surface area contributed by atoms with Crippen molar-refractivity contribution in [3.05, 3.63) is 0 Å². The van der Waals surface area contributed by atoms with Gasteiger partial charge in [-0.3, -0.25) is 0 Å². The smallest absolute Gasteiger partial charge is 0.00935 e. The summed E-state index contributed by atoms with van der Waals surface area (Å²) in [5.74, 6) is 0. The van der Waals surface area contributed by atoms with Gasteiger partial charge in [0.05, 0.1) is 0 Å². The number of hydrogen-bond donors (Lipinski definition) is 1. The lowest BCUT2D eigenvalue weighted by molar-refractivity contribution is 0.131. The summed E-state index contributed by atoms with van der Waals surface area (Å²) in [5.41, 5.74) is 0.424. The minimum absolute atomic E-state index is 0.424. The Morgan fingerprint density at radius 1 is 1.12 bits per heavy atom. The van der Waals surface area contributed by atoms with E-state index in [0.29, 0.717) is 5.41 Å². The van der Waals surface area contributed by atoms with Crippen molar-refractivity contribution in [2.75, 3.05) is 20.1 Å². The highest BCUT2D eigenvalue weighted by molar-refractivity contribution is 4.82. The molecule has 0 saturated heterocycles. The Morgan fingerprint density at radius 2 is 1.69 bits per heavy atom. The van der Waals surface area contributed by atoms with Crippen LogP contribution in [-0.2, 0) is 0 Å². The van der Waals surface area contributed by atoms with Crippen molar-refractivity contribution in [2.45, 2.75) is 65.5 Å². The number of hydrogen-bond acceptors (Lipinski definition) is 2. The molecule has 0 aromatic heterocycles. The number of rotatable bonds is 4. The van der Waals surface area contributed by atoms with Crippen molar-refractivity contribution < 1.29 is 0 Å². The average molecular weight is 226 g/mol. The largest absolute Gasteiger partial charge is 0.314 e. The van der Waals surface area contributed by atoms with E-state index in [0.717, 1.165) is 18.6 Å². The van der Waals surface area contributed by atoms with E-state index in [4.69, 9.17) is 0 Å². The topological polar surface area (TPSA) is 15.3 Å². The lowest BCUT2D eigenvalue weighted by Gasteiger charge is -2.37. The van der Waals surface area contributed by atoms with Crippen molar-refractivity contribution in [1.29, 1.82) is 0 Å². The molecule has 1 rings (SSSR count). The predicted octanol–water partition coefficient (Wildman–Crippen LogP) is 2.89. The first kappa shape index (κ1) is 14.0. The second-order valence-corrected chi connectivity index (χ2v) is 6.54. The first-order chi connectivity index (χ1) is 7.42. The summed E-state index contributed by atoms with van der Waals surface area (Å²) in [6.45, 7) is 11.5. The van der Waals surface area contributed by atoms with Gasteiger partial charge in [0.2, 0.25) is 0 Å². The highest BCUT2D eigenvalue weighted by Gasteiger charge is 2.25. The molecule has 0 amide bonds. The molecule has 0 spiro atoms. The summed E-state index contributed by atoms with van der Waals surface area (Å²) in [5, 5.41) is 3.57. The van der Waals surface area contributed by atoms with Gasteiger partial charge in [0.25, 0.3) is 0 Å². The maximum absolute atomic E-state index is 3.57. The normalized spacial score (nSPS) is 27.4. The molecule has 1 saturated carbocycles. The summed E-state index contributed by atoms with van der Waals surface area (Å²) in [6.07, 6.45) is 5.44. The second-order valence-electron chi connectivity index (χ2n) is 6.54. The molecule has 0 aromatic carbocycles. The Morgan fingerprint density at radius 3 is 2.12 bits per heavy atom. The predicted molar refractivity (Wildman–Crippen MR) is 71.8 cm³/mol. The Bertz CT molecular complexity index is 187. The quantitative estimate of drug-likeness (QED) is 0.793. The van der Waals surface area contributed by atoms with E-state index >= 15 is 0 Å². The minimum atomic E-state index is 0.424. The van der Waals surface area contributed by atoms with Crippen molar-refractivity contribution in [3.8, 4) is 0 Å². The third-order valence-electron chi connectivity index (χ3n) is 3.54. The van der Waals surface area contributed by atoms with E-state index in [1.165, 1.54) is 32.2 Å². The van der Waals surface area contributed by atoms with Crippen molar-refractivity contribution >= 4 is 0 Å². The van der Waals surface area contributed by atoms with Crippen LogP contribution in [0.25, 0.3) is 0 Å². The molecule has 1 aliphatic carbocycles. The van der Waals surface area contributed by atoms with Crippen LogP contribution in [-0.4, -0.2) is 37.1 Å². The van der Waals surface area contributed by atoms with Crippen LogP contribution in [0.3, 0.4) is 0 Å². The molecular formula is C14H30N2. The maximum Gasteiger partial charge on any atom is 0.00935 e. The van der Waals surface area contributed by atoms with Gasteiger partial charge < -0.3 is 10.2 Å². The SMILES string of the molecule is CCNC1CCC(N(C)CC(C)(C)C)CC1. The molecule has 0 aromatic rings. The Kier molecular flexibility index (Phi) is 5.26. The van der Waals surface area contributed by atoms with Crippen molar-refractivity contribution in [3.63, 3.8) is 0 Å². The van der Waals surface area contributed by atoms with Crippen LogP contribution >= 0.6 is 0 Å². The lowest BCUT2D eigenvalue weighted by Crippen LogP contribution is -2.43.